The van der Waals surface area contributed by atoms with Crippen molar-refractivity contribution in [1.29, 1.82) is 0 Å². The lowest BCUT2D eigenvalue weighted by molar-refractivity contribution is -0.116. The van der Waals surface area contributed by atoms with Gasteiger partial charge in [0.05, 0.1) is 36.7 Å². The van der Waals surface area contributed by atoms with Gasteiger partial charge in [0.1, 0.15) is 5.75 Å². The van der Waals surface area contributed by atoms with E-state index in [-0.39, 0.29) is 29.4 Å². The lowest BCUT2D eigenvalue weighted by Gasteiger charge is -2.26. The van der Waals surface area contributed by atoms with Gasteiger partial charge in [-0.1, -0.05) is 30.3 Å². The van der Waals surface area contributed by atoms with Gasteiger partial charge in [-0.15, -0.1) is 0 Å². The van der Waals surface area contributed by atoms with Crippen molar-refractivity contribution in [2.24, 2.45) is 0 Å². The van der Waals surface area contributed by atoms with Gasteiger partial charge in [-0.05, 0) is 54.1 Å². The highest BCUT2D eigenvalue weighted by Gasteiger charge is 2.30. The predicted molar refractivity (Wildman–Crippen MR) is 142 cm³/mol. The van der Waals surface area contributed by atoms with E-state index in [2.05, 4.69) is 5.32 Å². The molecular formula is C26H29N3O7S2. The van der Waals surface area contributed by atoms with Gasteiger partial charge in [-0.25, -0.2) is 16.8 Å². The van der Waals surface area contributed by atoms with E-state index >= 15 is 0 Å². The van der Waals surface area contributed by atoms with Crippen LogP contribution < -0.4 is 10.1 Å². The Morgan fingerprint density at radius 2 is 1.50 bits per heavy atom. The van der Waals surface area contributed by atoms with Gasteiger partial charge in [0.25, 0.3) is 0 Å². The number of carbonyl (C=O) groups excluding carboxylic acids is 1. The summed E-state index contributed by atoms with van der Waals surface area (Å²) < 4.78 is 65.9. The number of para-hydroxylation sites is 1. The maximum absolute atomic E-state index is 13.7. The zero-order valence-corrected chi connectivity index (χ0v) is 22.4. The van der Waals surface area contributed by atoms with Gasteiger partial charge in [0.2, 0.25) is 26.0 Å². The maximum Gasteiger partial charge on any atom is 0.243 e. The Hall–Kier alpha value is -3.29. The molecule has 1 heterocycles. The van der Waals surface area contributed by atoms with Gasteiger partial charge in [0.15, 0.2) is 0 Å². The molecule has 1 amide bonds. The lowest BCUT2D eigenvalue weighted by Crippen LogP contribution is -2.40. The number of hydrogen-bond donors (Lipinski definition) is 1. The van der Waals surface area contributed by atoms with Crippen molar-refractivity contribution >= 4 is 31.6 Å². The summed E-state index contributed by atoms with van der Waals surface area (Å²) in [6, 6.07) is 20.6. The number of carbonyl (C=O) groups is 1. The van der Waals surface area contributed by atoms with E-state index in [0.29, 0.717) is 30.2 Å². The first-order valence-electron chi connectivity index (χ1n) is 11.9. The second-order valence-corrected chi connectivity index (χ2v) is 12.4. The maximum atomic E-state index is 13.7. The van der Waals surface area contributed by atoms with Crippen LogP contribution >= 0.6 is 0 Å². The SMILES string of the molecule is COc1ccc(CN(CC(=O)Nc2ccccc2)S(=O)(=O)c2ccc(S(=O)(=O)N3CCOCC3)cc2)cc1. The number of sulfonamides is 2. The number of hydrogen-bond acceptors (Lipinski definition) is 7. The Bertz CT molecular complexity index is 1440. The van der Waals surface area contributed by atoms with Gasteiger partial charge >= 0.3 is 0 Å². The molecule has 202 valence electrons. The first-order valence-corrected chi connectivity index (χ1v) is 14.7. The molecule has 1 fully saturated rings. The third-order valence-corrected chi connectivity index (χ3v) is 9.68. The highest BCUT2D eigenvalue weighted by molar-refractivity contribution is 7.89. The molecule has 4 rings (SSSR count). The second-order valence-electron chi connectivity index (χ2n) is 8.52. The van der Waals surface area contributed by atoms with Crippen molar-refractivity contribution < 1.29 is 31.1 Å². The Labute approximate surface area is 222 Å². The molecular weight excluding hydrogens is 530 g/mol. The summed E-state index contributed by atoms with van der Waals surface area (Å²) >= 11 is 0. The molecule has 0 spiro atoms. The fraction of sp³-hybridized carbons (Fsp3) is 0.269. The molecule has 0 aliphatic carbocycles. The number of methoxy groups -OCH3 is 1. The van der Waals surface area contributed by atoms with Crippen LogP contribution in [0.3, 0.4) is 0 Å². The molecule has 1 aliphatic rings. The molecule has 1 N–H and O–H groups in total. The van der Waals surface area contributed by atoms with E-state index in [1.54, 1.807) is 54.6 Å². The standard InChI is InChI=1S/C26H29N3O7S2/c1-35-23-9-7-21(8-10-23)19-29(20-26(30)27-22-5-3-2-4-6-22)38(33,34)25-13-11-24(12-14-25)37(31,32)28-15-17-36-18-16-28/h2-14H,15-20H2,1H3,(H,27,30). The monoisotopic (exact) mass is 559 g/mol. The summed E-state index contributed by atoms with van der Waals surface area (Å²) in [4.78, 5) is 12.7. The molecule has 3 aromatic rings. The smallest absolute Gasteiger partial charge is 0.243 e. The first kappa shape index (κ1) is 27.7. The van der Waals surface area contributed by atoms with Gasteiger partial charge in [0, 0.05) is 25.3 Å². The summed E-state index contributed by atoms with van der Waals surface area (Å²) in [5.74, 6) is 0.0989. The van der Waals surface area contributed by atoms with Crippen LogP contribution in [0.5, 0.6) is 5.75 Å². The van der Waals surface area contributed by atoms with E-state index in [9.17, 15) is 21.6 Å². The highest BCUT2D eigenvalue weighted by atomic mass is 32.2. The lowest BCUT2D eigenvalue weighted by atomic mass is 10.2. The minimum Gasteiger partial charge on any atom is -0.497 e. The minimum atomic E-state index is -4.18. The van der Waals surface area contributed by atoms with Crippen LogP contribution in [-0.4, -0.2) is 71.3 Å². The summed E-state index contributed by atoms with van der Waals surface area (Å²) in [5.41, 5.74) is 1.19. The molecule has 10 nitrogen and oxygen atoms in total. The number of morpholine rings is 1. The van der Waals surface area contributed by atoms with E-state index in [0.717, 1.165) is 4.31 Å². The van der Waals surface area contributed by atoms with Crippen molar-refractivity contribution in [3.8, 4) is 5.75 Å². The molecule has 0 radical (unpaired) electrons. The van der Waals surface area contributed by atoms with Crippen LogP contribution in [0, 0.1) is 0 Å². The summed E-state index contributed by atoms with van der Waals surface area (Å²) in [6.07, 6.45) is 0. The Balaban J connectivity index is 1.59. The van der Waals surface area contributed by atoms with Gasteiger partial charge < -0.3 is 14.8 Å². The van der Waals surface area contributed by atoms with Crippen LogP contribution in [-0.2, 0) is 36.1 Å². The molecule has 0 unspecified atom stereocenters. The van der Waals surface area contributed by atoms with Crippen LogP contribution in [0.2, 0.25) is 0 Å². The van der Waals surface area contributed by atoms with Crippen LogP contribution in [0.1, 0.15) is 5.56 Å². The third kappa shape index (κ3) is 6.58. The number of rotatable bonds is 10. The van der Waals surface area contributed by atoms with Crippen LogP contribution in [0.4, 0.5) is 5.69 Å². The molecule has 0 aromatic heterocycles. The van der Waals surface area contributed by atoms with E-state index in [1.165, 1.54) is 35.7 Å². The molecule has 0 atom stereocenters. The van der Waals surface area contributed by atoms with Crippen molar-refractivity contribution in [3.05, 3.63) is 84.4 Å². The Kier molecular flexibility index (Phi) is 8.80. The summed E-state index contributed by atoms with van der Waals surface area (Å²) in [7, 11) is -6.43. The van der Waals surface area contributed by atoms with E-state index in [1.807, 2.05) is 0 Å². The predicted octanol–water partition coefficient (Wildman–Crippen LogP) is 2.55. The average molecular weight is 560 g/mol. The second kappa shape index (κ2) is 12.0. The Morgan fingerprint density at radius 3 is 2.11 bits per heavy atom. The van der Waals surface area contributed by atoms with Crippen LogP contribution in [0.15, 0.2) is 88.7 Å². The topological polar surface area (TPSA) is 122 Å². The molecule has 0 bridgehead atoms. The molecule has 38 heavy (non-hydrogen) atoms. The fourth-order valence-corrected chi connectivity index (χ4v) is 6.70. The number of nitrogens with one attached hydrogen (secondary N) is 1. The zero-order valence-electron chi connectivity index (χ0n) is 20.8. The first-order chi connectivity index (χ1) is 18.2. The van der Waals surface area contributed by atoms with E-state index < -0.39 is 32.5 Å². The van der Waals surface area contributed by atoms with Crippen molar-refractivity contribution in [2.45, 2.75) is 16.3 Å². The normalized spacial score (nSPS) is 14.8. The molecule has 3 aromatic carbocycles. The number of anilines is 1. The highest BCUT2D eigenvalue weighted by Crippen LogP contribution is 2.24. The molecule has 0 saturated carbocycles. The summed E-state index contributed by atoms with van der Waals surface area (Å²) in [6.45, 7) is 0.538. The van der Waals surface area contributed by atoms with Gasteiger partial charge in [-0.2, -0.15) is 8.61 Å². The van der Waals surface area contributed by atoms with Crippen molar-refractivity contribution in [3.63, 3.8) is 0 Å². The van der Waals surface area contributed by atoms with Crippen LogP contribution in [0.25, 0.3) is 0 Å². The number of amides is 1. The number of benzene rings is 3. The van der Waals surface area contributed by atoms with Crippen molar-refractivity contribution in [2.75, 3.05) is 45.3 Å². The Morgan fingerprint density at radius 1 is 0.895 bits per heavy atom. The molecule has 1 aliphatic heterocycles. The van der Waals surface area contributed by atoms with Crippen molar-refractivity contribution in [1.82, 2.24) is 8.61 Å². The van der Waals surface area contributed by atoms with Gasteiger partial charge in [-0.3, -0.25) is 4.79 Å². The number of ether oxygens (including phenoxy) is 2. The minimum absolute atomic E-state index is 0.0122. The summed E-state index contributed by atoms with van der Waals surface area (Å²) in [5, 5.41) is 2.71. The largest absolute Gasteiger partial charge is 0.497 e. The molecule has 12 heteroatoms. The van der Waals surface area contributed by atoms with E-state index in [4.69, 9.17) is 9.47 Å². The quantitative estimate of drug-likeness (QED) is 0.405. The molecule has 1 saturated heterocycles. The third-order valence-electron chi connectivity index (χ3n) is 5.96. The number of nitrogens with zero attached hydrogens (tertiary/aromatic N) is 2. The zero-order chi connectivity index (χ0) is 27.2. The average Bonchev–Trinajstić information content (AvgIpc) is 2.94. The fourth-order valence-electron chi connectivity index (χ4n) is 3.91.